The molecular weight excluding hydrogens is 194 g/mol. The Kier molecular flexibility index (Phi) is 8.53. The average molecular weight is 209 g/mol. The third-order valence-electron chi connectivity index (χ3n) is 1.80. The van der Waals surface area contributed by atoms with Gasteiger partial charge in [0.05, 0.1) is 0 Å². The lowest BCUT2D eigenvalue weighted by atomic mass is 10.1. The van der Waals surface area contributed by atoms with Crippen molar-refractivity contribution >= 4 is 39.5 Å². The Labute approximate surface area is 88.1 Å². The summed E-state index contributed by atoms with van der Waals surface area (Å²) in [6.45, 7) is 2.16. The Morgan fingerprint density at radius 2 is 2.00 bits per heavy atom. The molecule has 0 bridgehead atoms. The highest BCUT2D eigenvalue weighted by Crippen LogP contribution is 2.22. The zero-order valence-electron chi connectivity index (χ0n) is 7.02. The van der Waals surface area contributed by atoms with Gasteiger partial charge in [-0.05, 0) is 12.8 Å². The van der Waals surface area contributed by atoms with E-state index in [1.807, 2.05) is 0 Å². The first kappa shape index (κ1) is 12.1. The van der Waals surface area contributed by atoms with Crippen molar-refractivity contribution in [1.29, 1.82) is 0 Å². The van der Waals surface area contributed by atoms with Crippen molar-refractivity contribution in [2.24, 2.45) is 0 Å². The lowest BCUT2D eigenvalue weighted by Gasteiger charge is -2.16. The topological polar surface area (TPSA) is 0 Å². The van der Waals surface area contributed by atoms with Crippen LogP contribution >= 0.6 is 23.2 Å². The lowest BCUT2D eigenvalue weighted by Crippen LogP contribution is -2.08. The van der Waals surface area contributed by atoms with Crippen LogP contribution in [0.15, 0.2) is 0 Å². The van der Waals surface area contributed by atoms with E-state index in [0.29, 0.717) is 10.2 Å². The zero-order chi connectivity index (χ0) is 8.69. The van der Waals surface area contributed by atoms with Gasteiger partial charge in [-0.15, -0.1) is 23.2 Å². The van der Waals surface area contributed by atoms with Gasteiger partial charge in [-0.25, -0.2) is 0 Å². The fourth-order valence-corrected chi connectivity index (χ4v) is 1.62. The predicted octanol–water partition coefficient (Wildman–Crippen LogP) is 3.37. The summed E-state index contributed by atoms with van der Waals surface area (Å²) in [6.07, 6.45) is 4.48. The Morgan fingerprint density at radius 1 is 1.36 bits per heavy atom. The fourth-order valence-electron chi connectivity index (χ4n) is 0.904. The maximum atomic E-state index is 6.10. The Hall–Kier alpha value is 1.11. The summed E-state index contributed by atoms with van der Waals surface area (Å²) in [5.41, 5.74) is 0. The van der Waals surface area contributed by atoms with Gasteiger partial charge in [0.25, 0.3) is 0 Å². The number of unbranched alkanes of at least 4 members (excludes halogenated alkanes) is 1. The normalized spacial score (nSPS) is 16.3. The van der Waals surface area contributed by atoms with Crippen LogP contribution in [0, 0.1) is 0 Å². The maximum absolute atomic E-state index is 6.10. The summed E-state index contributed by atoms with van der Waals surface area (Å²) in [7, 11) is 0. The first-order valence-electron chi connectivity index (χ1n) is 4.18. The largest absolute Gasteiger partial charge is 0.127 e. The van der Waals surface area contributed by atoms with Crippen LogP contribution in [0.4, 0.5) is 0 Å². The molecule has 0 heterocycles. The van der Waals surface area contributed by atoms with Crippen LogP contribution in [0.5, 0.6) is 0 Å². The van der Waals surface area contributed by atoms with Gasteiger partial charge in [0, 0.05) is 11.3 Å². The summed E-state index contributed by atoms with van der Waals surface area (Å²) in [6, 6.07) is 0. The van der Waals surface area contributed by atoms with Crippen LogP contribution < -0.4 is 0 Å². The van der Waals surface area contributed by atoms with Gasteiger partial charge in [-0.1, -0.05) is 24.5 Å². The minimum absolute atomic E-state index is 0.313. The second kappa shape index (κ2) is 7.75. The average Bonchev–Trinajstić information content (AvgIpc) is 2.03. The number of halogens is 2. The fraction of sp³-hybridized carbons (Fsp3) is 1.00. The Morgan fingerprint density at radius 3 is 2.45 bits per heavy atom. The van der Waals surface area contributed by atoms with Crippen LogP contribution in [0.3, 0.4) is 0 Å². The molecule has 0 fully saturated rings. The van der Waals surface area contributed by atoms with E-state index < -0.39 is 0 Å². The van der Waals surface area contributed by atoms with Gasteiger partial charge in [-0.3, -0.25) is 0 Å². The smallest absolute Gasteiger partial charge is 0.126 e. The predicted molar refractivity (Wildman–Crippen MR) is 54.0 cm³/mol. The van der Waals surface area contributed by atoms with Crippen molar-refractivity contribution < 1.29 is 0 Å². The quantitative estimate of drug-likeness (QED) is 0.357. The standard InChI is InChI=1S/C8H15Cl2.Al/c1-2-5-8(10)6-3-4-7-9;/h5,8H,2-4,6-7H2,1H3;. The molecule has 0 aromatic heterocycles. The molecule has 0 saturated heterocycles. The molecule has 2 radical (unpaired) electrons. The maximum Gasteiger partial charge on any atom is 0.126 e. The van der Waals surface area contributed by atoms with E-state index >= 15 is 0 Å². The van der Waals surface area contributed by atoms with Crippen LogP contribution in [-0.4, -0.2) is 27.5 Å². The molecule has 0 aliphatic carbocycles. The second-order valence-corrected chi connectivity index (χ2v) is 4.57. The van der Waals surface area contributed by atoms with Gasteiger partial charge in [0.2, 0.25) is 0 Å². The molecule has 0 saturated carbocycles. The van der Waals surface area contributed by atoms with Crippen LogP contribution in [0.1, 0.15) is 32.6 Å². The number of hydrogen-bond donors (Lipinski definition) is 0. The lowest BCUT2D eigenvalue weighted by molar-refractivity contribution is 0.633. The minimum atomic E-state index is 0.313. The number of hydrogen-bond acceptors (Lipinski definition) is 0. The van der Waals surface area contributed by atoms with E-state index in [1.54, 1.807) is 0 Å². The van der Waals surface area contributed by atoms with Crippen molar-refractivity contribution in [3.63, 3.8) is 0 Å². The third-order valence-corrected chi connectivity index (χ3v) is 3.79. The van der Waals surface area contributed by atoms with Crippen LogP contribution in [0.25, 0.3) is 0 Å². The highest BCUT2D eigenvalue weighted by atomic mass is 35.5. The van der Waals surface area contributed by atoms with Gasteiger partial charge < -0.3 is 0 Å². The van der Waals surface area contributed by atoms with Gasteiger partial charge >= 0.3 is 0 Å². The van der Waals surface area contributed by atoms with E-state index in [9.17, 15) is 0 Å². The third kappa shape index (κ3) is 6.29. The van der Waals surface area contributed by atoms with E-state index in [2.05, 4.69) is 23.2 Å². The molecule has 0 aromatic carbocycles. The summed E-state index contributed by atoms with van der Waals surface area (Å²) >= 11 is 14.4. The molecule has 0 nitrogen and oxygen atoms in total. The first-order valence-corrected chi connectivity index (χ1v) is 5.81. The molecule has 0 aromatic rings. The number of alkyl halides is 2. The first-order chi connectivity index (χ1) is 5.22. The summed E-state index contributed by atoms with van der Waals surface area (Å²) in [5.74, 6) is 0.761. The summed E-state index contributed by atoms with van der Waals surface area (Å²) in [4.78, 5) is 0. The Balaban J connectivity index is 3.28. The van der Waals surface area contributed by atoms with Crippen molar-refractivity contribution in [2.45, 2.75) is 42.8 Å². The van der Waals surface area contributed by atoms with Crippen molar-refractivity contribution in [2.75, 3.05) is 5.88 Å². The molecular formula is C8H15AlCl2. The van der Waals surface area contributed by atoms with E-state index in [4.69, 9.17) is 23.2 Å². The molecule has 0 amide bonds. The molecule has 0 aliphatic heterocycles. The molecule has 0 N–H and O–H groups in total. The van der Waals surface area contributed by atoms with Crippen molar-refractivity contribution in [3.05, 3.63) is 0 Å². The molecule has 0 spiro atoms. The number of rotatable bonds is 6. The highest BCUT2D eigenvalue weighted by Gasteiger charge is 2.09. The summed E-state index contributed by atoms with van der Waals surface area (Å²) in [5, 5.41) is 0.313. The molecule has 0 aliphatic rings. The van der Waals surface area contributed by atoms with E-state index in [1.165, 1.54) is 0 Å². The van der Waals surface area contributed by atoms with E-state index in [0.717, 1.165) is 31.6 Å². The molecule has 64 valence electrons. The van der Waals surface area contributed by atoms with Crippen LogP contribution in [-0.2, 0) is 0 Å². The zero-order valence-corrected chi connectivity index (χ0v) is 9.69. The van der Waals surface area contributed by atoms with E-state index in [-0.39, 0.29) is 0 Å². The minimum Gasteiger partial charge on any atom is -0.127 e. The molecule has 2 atom stereocenters. The van der Waals surface area contributed by atoms with Crippen molar-refractivity contribution in [1.82, 2.24) is 0 Å². The van der Waals surface area contributed by atoms with Gasteiger partial charge in [0.15, 0.2) is 0 Å². The van der Waals surface area contributed by atoms with Crippen LogP contribution in [0.2, 0.25) is 4.78 Å². The Bertz CT molecular complexity index is 88.2. The molecule has 0 rings (SSSR count). The second-order valence-electron chi connectivity index (χ2n) is 2.77. The molecule has 2 unspecified atom stereocenters. The molecule has 11 heavy (non-hydrogen) atoms. The van der Waals surface area contributed by atoms with Crippen molar-refractivity contribution in [3.8, 4) is 0 Å². The molecule has 3 heteroatoms. The van der Waals surface area contributed by atoms with Gasteiger partial charge in [-0.2, -0.15) is 0 Å². The summed E-state index contributed by atoms with van der Waals surface area (Å²) < 4.78 is 0.562. The SMILES string of the molecule is CC[CH]([Al])C(Cl)CCCCCl. The highest BCUT2D eigenvalue weighted by molar-refractivity contribution is 6.26. The monoisotopic (exact) mass is 208 g/mol. The van der Waals surface area contributed by atoms with Gasteiger partial charge in [0.1, 0.15) is 16.3 Å².